The number of aromatic nitrogens is 1. The van der Waals surface area contributed by atoms with Crippen molar-refractivity contribution in [3.63, 3.8) is 0 Å². The Kier molecular flexibility index (Phi) is 6.66. The molecule has 0 bridgehead atoms. The zero-order valence-corrected chi connectivity index (χ0v) is 16.5. The number of hydrogen-bond acceptors (Lipinski definition) is 5. The largest absolute Gasteiger partial charge is 0.356 e. The summed E-state index contributed by atoms with van der Waals surface area (Å²) in [7, 11) is 1.89. The van der Waals surface area contributed by atoms with Crippen molar-refractivity contribution in [3.05, 3.63) is 11.1 Å². The highest BCUT2D eigenvalue weighted by Gasteiger charge is 2.21. The maximum atomic E-state index is 4.80. The highest BCUT2D eigenvalue weighted by molar-refractivity contribution is 8.00. The molecule has 5 nitrogen and oxygen atoms in total. The van der Waals surface area contributed by atoms with E-state index in [2.05, 4.69) is 44.2 Å². The van der Waals surface area contributed by atoms with Gasteiger partial charge in [0, 0.05) is 62.6 Å². The van der Waals surface area contributed by atoms with E-state index in [0.29, 0.717) is 0 Å². The Morgan fingerprint density at radius 3 is 2.96 bits per heavy atom. The van der Waals surface area contributed by atoms with Crippen molar-refractivity contribution in [2.45, 2.75) is 37.9 Å². The van der Waals surface area contributed by atoms with Gasteiger partial charge in [-0.25, -0.2) is 4.98 Å². The second-order valence-electron chi connectivity index (χ2n) is 6.39. The first-order valence-corrected chi connectivity index (χ1v) is 11.0. The number of nitrogens with one attached hydrogen (secondary N) is 1. The van der Waals surface area contributed by atoms with Crippen molar-refractivity contribution >= 4 is 34.2 Å². The summed E-state index contributed by atoms with van der Waals surface area (Å²) in [5.74, 6) is 2.24. The number of nitrogens with zero attached hydrogens (tertiary/aromatic N) is 4. The van der Waals surface area contributed by atoms with E-state index < -0.39 is 0 Å². The lowest BCUT2D eigenvalue weighted by atomic mass is 10.3. The summed E-state index contributed by atoms with van der Waals surface area (Å²) >= 11 is 3.88. The number of hydrogen-bond donors (Lipinski definition) is 1. The summed E-state index contributed by atoms with van der Waals surface area (Å²) in [6.45, 7) is 7.72. The van der Waals surface area contributed by atoms with Crippen molar-refractivity contribution in [1.29, 1.82) is 0 Å². The molecule has 3 rings (SSSR count). The number of aliphatic imine (C=N–C) groups is 1. The zero-order valence-electron chi connectivity index (χ0n) is 14.8. The fraction of sp³-hybridized carbons (Fsp3) is 0.765. The second kappa shape index (κ2) is 8.94. The summed E-state index contributed by atoms with van der Waals surface area (Å²) in [6, 6.07) is 0. The number of thioether (sulfide) groups is 1. The molecule has 2 saturated heterocycles. The molecule has 7 heteroatoms. The summed E-state index contributed by atoms with van der Waals surface area (Å²) in [4.78, 5) is 14.1. The van der Waals surface area contributed by atoms with Crippen LogP contribution in [0.4, 0.5) is 5.13 Å². The van der Waals surface area contributed by atoms with E-state index in [9.17, 15) is 0 Å². The van der Waals surface area contributed by atoms with Gasteiger partial charge in [0.15, 0.2) is 11.1 Å². The van der Waals surface area contributed by atoms with Crippen molar-refractivity contribution in [2.75, 3.05) is 50.4 Å². The summed E-state index contributed by atoms with van der Waals surface area (Å²) in [5, 5.41) is 7.67. The van der Waals surface area contributed by atoms with Crippen LogP contribution in [0.15, 0.2) is 10.4 Å². The molecule has 134 valence electrons. The molecule has 1 atom stereocenters. The minimum atomic E-state index is 0.735. The lowest BCUT2D eigenvalue weighted by Gasteiger charge is -2.34. The smallest absolute Gasteiger partial charge is 0.193 e. The Morgan fingerprint density at radius 1 is 1.38 bits per heavy atom. The van der Waals surface area contributed by atoms with Gasteiger partial charge in [0.05, 0.1) is 5.69 Å². The monoisotopic (exact) mass is 367 g/mol. The SMILES string of the molecule is CCC1CN(C(=NC)NCCc2csc(N3CCCC3)n2)CCS1. The van der Waals surface area contributed by atoms with Gasteiger partial charge in [0.25, 0.3) is 0 Å². The van der Waals surface area contributed by atoms with Crippen LogP contribution in [0.3, 0.4) is 0 Å². The Labute approximate surface area is 153 Å². The Bertz CT molecular complexity index is 539. The minimum Gasteiger partial charge on any atom is -0.356 e. The first kappa shape index (κ1) is 17.9. The highest BCUT2D eigenvalue weighted by atomic mass is 32.2. The highest BCUT2D eigenvalue weighted by Crippen LogP contribution is 2.24. The van der Waals surface area contributed by atoms with Gasteiger partial charge in [-0.2, -0.15) is 11.8 Å². The van der Waals surface area contributed by atoms with E-state index in [1.54, 1.807) is 11.3 Å². The van der Waals surface area contributed by atoms with E-state index in [1.165, 1.54) is 48.9 Å². The lowest BCUT2D eigenvalue weighted by Crippen LogP contribution is -2.48. The van der Waals surface area contributed by atoms with Crippen LogP contribution in [0.1, 0.15) is 31.9 Å². The number of anilines is 1. The van der Waals surface area contributed by atoms with Gasteiger partial charge in [-0.1, -0.05) is 6.92 Å². The third kappa shape index (κ3) is 4.57. The molecule has 24 heavy (non-hydrogen) atoms. The van der Waals surface area contributed by atoms with Crippen LogP contribution in [0, 0.1) is 0 Å². The maximum absolute atomic E-state index is 4.80. The summed E-state index contributed by atoms with van der Waals surface area (Å²) in [6.07, 6.45) is 4.80. The number of guanidine groups is 1. The first-order valence-electron chi connectivity index (χ1n) is 9.06. The molecule has 0 aromatic carbocycles. The Morgan fingerprint density at radius 2 is 2.21 bits per heavy atom. The average molecular weight is 368 g/mol. The molecule has 0 spiro atoms. The first-order chi connectivity index (χ1) is 11.8. The number of rotatable bonds is 5. The Balaban J connectivity index is 1.46. The molecule has 1 unspecified atom stereocenters. The molecular formula is C17H29N5S2. The minimum absolute atomic E-state index is 0.735. The molecular weight excluding hydrogens is 338 g/mol. The average Bonchev–Trinajstić information content (AvgIpc) is 3.30. The van der Waals surface area contributed by atoms with E-state index in [1.807, 2.05) is 7.05 Å². The van der Waals surface area contributed by atoms with Gasteiger partial charge >= 0.3 is 0 Å². The quantitative estimate of drug-likeness (QED) is 0.640. The molecule has 3 heterocycles. The van der Waals surface area contributed by atoms with Crippen LogP contribution < -0.4 is 10.2 Å². The fourth-order valence-electron chi connectivity index (χ4n) is 3.26. The van der Waals surface area contributed by atoms with E-state index in [4.69, 9.17) is 4.98 Å². The van der Waals surface area contributed by atoms with Gasteiger partial charge < -0.3 is 15.1 Å². The maximum Gasteiger partial charge on any atom is 0.193 e. The molecule has 0 aliphatic carbocycles. The summed E-state index contributed by atoms with van der Waals surface area (Å²) in [5.41, 5.74) is 1.20. The fourth-order valence-corrected chi connectivity index (χ4v) is 5.35. The Hall–Kier alpha value is -0.950. The molecule has 1 aromatic rings. The van der Waals surface area contributed by atoms with Crippen molar-refractivity contribution < 1.29 is 0 Å². The molecule has 1 aromatic heterocycles. The summed E-state index contributed by atoms with van der Waals surface area (Å²) < 4.78 is 0. The molecule has 0 saturated carbocycles. The van der Waals surface area contributed by atoms with E-state index in [0.717, 1.165) is 37.3 Å². The van der Waals surface area contributed by atoms with Crippen LogP contribution in [-0.4, -0.2) is 66.6 Å². The van der Waals surface area contributed by atoms with Crippen molar-refractivity contribution in [1.82, 2.24) is 15.2 Å². The van der Waals surface area contributed by atoms with Crippen LogP contribution in [0.2, 0.25) is 0 Å². The lowest BCUT2D eigenvalue weighted by molar-refractivity contribution is 0.408. The molecule has 0 radical (unpaired) electrons. The molecule has 2 aliphatic rings. The van der Waals surface area contributed by atoms with Crippen LogP contribution in [0.5, 0.6) is 0 Å². The second-order valence-corrected chi connectivity index (χ2v) is 8.63. The van der Waals surface area contributed by atoms with Crippen LogP contribution in [-0.2, 0) is 6.42 Å². The standard InChI is InChI=1S/C17H29N5S2/c1-3-15-12-22(10-11-23-15)16(18-2)19-7-6-14-13-24-17(20-14)21-8-4-5-9-21/h13,15H,3-12H2,1-2H3,(H,18,19). The van der Waals surface area contributed by atoms with E-state index >= 15 is 0 Å². The van der Waals surface area contributed by atoms with Crippen molar-refractivity contribution in [3.8, 4) is 0 Å². The number of thiazole rings is 1. The van der Waals surface area contributed by atoms with E-state index in [-0.39, 0.29) is 0 Å². The third-order valence-corrected chi connectivity index (χ3v) is 7.01. The van der Waals surface area contributed by atoms with Gasteiger partial charge in [-0.3, -0.25) is 4.99 Å². The molecule has 1 N–H and O–H groups in total. The van der Waals surface area contributed by atoms with Gasteiger partial charge in [0.1, 0.15) is 0 Å². The normalized spacial score (nSPS) is 22.2. The van der Waals surface area contributed by atoms with Gasteiger partial charge in [-0.15, -0.1) is 11.3 Å². The van der Waals surface area contributed by atoms with Crippen molar-refractivity contribution in [2.24, 2.45) is 4.99 Å². The van der Waals surface area contributed by atoms with Gasteiger partial charge in [0.2, 0.25) is 0 Å². The van der Waals surface area contributed by atoms with Crippen LogP contribution in [0.25, 0.3) is 0 Å². The predicted octanol–water partition coefficient (Wildman–Crippen LogP) is 2.69. The van der Waals surface area contributed by atoms with Crippen LogP contribution >= 0.6 is 23.1 Å². The molecule has 0 amide bonds. The molecule has 2 fully saturated rings. The predicted molar refractivity (Wildman–Crippen MR) is 107 cm³/mol. The zero-order chi connectivity index (χ0) is 16.8. The molecule has 2 aliphatic heterocycles. The third-order valence-electron chi connectivity index (χ3n) is 4.69. The van der Waals surface area contributed by atoms with Gasteiger partial charge in [-0.05, 0) is 19.3 Å². The topological polar surface area (TPSA) is 43.8 Å².